The van der Waals surface area contributed by atoms with Crippen molar-refractivity contribution in [2.75, 3.05) is 0 Å². The molecule has 1 aromatic rings. The molecule has 168 valence electrons. The molecule has 4 nitrogen and oxygen atoms in total. The van der Waals surface area contributed by atoms with Crippen molar-refractivity contribution in [1.82, 2.24) is 0 Å². The fourth-order valence-corrected chi connectivity index (χ4v) is 4.71. The first kappa shape index (κ1) is 22.2. The van der Waals surface area contributed by atoms with E-state index in [1.165, 1.54) is 22.2 Å². The average molecular weight is 432 g/mol. The molecule has 1 atom stereocenters. The van der Waals surface area contributed by atoms with Crippen LogP contribution in [0.25, 0.3) is 11.6 Å². The van der Waals surface area contributed by atoms with E-state index in [0.29, 0.717) is 5.92 Å². The van der Waals surface area contributed by atoms with E-state index in [-0.39, 0.29) is 36.6 Å². The van der Waals surface area contributed by atoms with Gasteiger partial charge in [0.25, 0.3) is 0 Å². The molecule has 0 amide bonds. The van der Waals surface area contributed by atoms with E-state index in [1.54, 1.807) is 0 Å². The third kappa shape index (κ3) is 3.38. The summed E-state index contributed by atoms with van der Waals surface area (Å²) in [6, 6.07) is 6.57. The van der Waals surface area contributed by atoms with Crippen LogP contribution < -0.4 is 5.46 Å². The Morgan fingerprint density at radius 2 is 1.31 bits per heavy atom. The average Bonchev–Trinajstić information content (AvgIpc) is 3.06. The maximum Gasteiger partial charge on any atom is 0.494 e. The van der Waals surface area contributed by atoms with E-state index in [2.05, 4.69) is 97.9 Å². The van der Waals surface area contributed by atoms with Crippen LogP contribution >= 0.6 is 0 Å². The smallest absolute Gasteiger partial charge is 0.400 e. The van der Waals surface area contributed by atoms with E-state index in [0.717, 1.165) is 11.9 Å². The maximum atomic E-state index is 6.29. The predicted molar refractivity (Wildman–Crippen MR) is 131 cm³/mol. The lowest BCUT2D eigenvalue weighted by Gasteiger charge is -2.32. The molecule has 2 fully saturated rings. The predicted octanol–water partition coefficient (Wildman–Crippen LogP) is 4.97. The molecular formula is C26H34B2O4. The van der Waals surface area contributed by atoms with E-state index >= 15 is 0 Å². The van der Waals surface area contributed by atoms with Crippen molar-refractivity contribution in [3.8, 4) is 0 Å². The maximum absolute atomic E-state index is 6.29. The molecule has 32 heavy (non-hydrogen) atoms. The summed E-state index contributed by atoms with van der Waals surface area (Å²) in [6.45, 7) is 16.8. The van der Waals surface area contributed by atoms with Crippen LogP contribution in [0.3, 0.4) is 0 Å². The van der Waals surface area contributed by atoms with Gasteiger partial charge >= 0.3 is 14.2 Å². The molecule has 2 aliphatic heterocycles. The summed E-state index contributed by atoms with van der Waals surface area (Å²) < 4.78 is 25.1. The van der Waals surface area contributed by atoms with Crippen molar-refractivity contribution < 1.29 is 18.6 Å². The highest BCUT2D eigenvalue weighted by molar-refractivity contribution is 6.62. The number of rotatable bonds is 2. The van der Waals surface area contributed by atoms with Crippen LogP contribution in [-0.4, -0.2) is 36.6 Å². The lowest BCUT2D eigenvalue weighted by atomic mass is 9.67. The summed E-state index contributed by atoms with van der Waals surface area (Å²) in [5.74, 6) is 0.337. The Morgan fingerprint density at radius 1 is 0.750 bits per heavy atom. The Balaban J connectivity index is 1.40. The van der Waals surface area contributed by atoms with Crippen molar-refractivity contribution in [3.05, 3.63) is 53.0 Å². The van der Waals surface area contributed by atoms with Gasteiger partial charge in [-0.05, 0) is 89.4 Å². The highest BCUT2D eigenvalue weighted by atomic mass is 16.7. The molecule has 4 aliphatic rings. The zero-order chi connectivity index (χ0) is 23.1. The fourth-order valence-electron chi connectivity index (χ4n) is 4.71. The molecule has 0 N–H and O–H groups in total. The van der Waals surface area contributed by atoms with Gasteiger partial charge in [0.15, 0.2) is 0 Å². The molecule has 2 heterocycles. The Kier molecular flexibility index (Phi) is 4.83. The van der Waals surface area contributed by atoms with Crippen LogP contribution in [0.5, 0.6) is 0 Å². The third-order valence-electron chi connectivity index (χ3n) is 8.31. The molecule has 0 aromatic heterocycles. The first-order chi connectivity index (χ1) is 14.8. The molecular weight excluding hydrogens is 398 g/mol. The van der Waals surface area contributed by atoms with Crippen molar-refractivity contribution in [2.45, 2.75) is 84.2 Å². The van der Waals surface area contributed by atoms with E-state index < -0.39 is 0 Å². The summed E-state index contributed by atoms with van der Waals surface area (Å²) in [6.07, 6.45) is 9.89. The molecule has 0 spiro atoms. The second-order valence-electron chi connectivity index (χ2n) is 11.6. The van der Waals surface area contributed by atoms with Crippen molar-refractivity contribution in [3.63, 3.8) is 0 Å². The van der Waals surface area contributed by atoms with Crippen LogP contribution in [0, 0.1) is 5.92 Å². The summed E-state index contributed by atoms with van der Waals surface area (Å²) in [5.41, 5.74) is 4.81. The number of allylic oxidation sites excluding steroid dienone is 5. The molecule has 0 bridgehead atoms. The molecule has 0 saturated carbocycles. The second kappa shape index (κ2) is 6.96. The highest BCUT2D eigenvalue weighted by Gasteiger charge is 2.53. The molecule has 0 radical (unpaired) electrons. The Bertz CT molecular complexity index is 1020. The minimum absolute atomic E-state index is 0.279. The van der Waals surface area contributed by atoms with Gasteiger partial charge in [-0.25, -0.2) is 0 Å². The Morgan fingerprint density at radius 3 is 1.91 bits per heavy atom. The van der Waals surface area contributed by atoms with E-state index in [9.17, 15) is 0 Å². The SMILES string of the molecule is CC1(C)OB(C2=CC=C3c4ccc(B5OC(C)(C)C(C)(C)O5)cc4C=CC3C2)OC1(C)C. The third-order valence-corrected chi connectivity index (χ3v) is 8.31. The van der Waals surface area contributed by atoms with Crippen molar-refractivity contribution in [2.24, 2.45) is 5.92 Å². The van der Waals surface area contributed by atoms with Crippen molar-refractivity contribution in [1.29, 1.82) is 0 Å². The van der Waals surface area contributed by atoms with Gasteiger partial charge in [-0.3, -0.25) is 0 Å². The van der Waals surface area contributed by atoms with Crippen LogP contribution in [0.2, 0.25) is 0 Å². The quantitative estimate of drug-likeness (QED) is 0.619. The summed E-state index contributed by atoms with van der Waals surface area (Å²) >= 11 is 0. The Hall–Kier alpha value is -1.59. The first-order valence-corrected chi connectivity index (χ1v) is 11.7. The second-order valence-corrected chi connectivity index (χ2v) is 11.6. The number of hydrogen-bond acceptors (Lipinski definition) is 4. The van der Waals surface area contributed by atoms with Gasteiger partial charge in [-0.15, -0.1) is 0 Å². The largest absolute Gasteiger partial charge is 0.494 e. The van der Waals surface area contributed by atoms with Gasteiger partial charge in [-0.2, -0.15) is 0 Å². The normalized spacial score (nSPS) is 28.8. The summed E-state index contributed by atoms with van der Waals surface area (Å²) in [4.78, 5) is 0. The summed E-state index contributed by atoms with van der Waals surface area (Å²) in [7, 11) is -0.620. The monoisotopic (exact) mass is 432 g/mol. The van der Waals surface area contributed by atoms with Crippen molar-refractivity contribution >= 4 is 31.3 Å². The first-order valence-electron chi connectivity index (χ1n) is 11.7. The molecule has 6 heteroatoms. The molecule has 1 aromatic carbocycles. The minimum atomic E-state index is -0.341. The van der Waals surface area contributed by atoms with Gasteiger partial charge < -0.3 is 18.6 Å². The standard InChI is InChI=1S/C26H34B2O4/c1-23(2)24(3,4)30-27(29-23)19-11-13-21-17(15-19)9-10-18-16-20(12-14-22(18)21)28-31-25(5,6)26(7,8)32-28/h9-15,18H,16H2,1-8H3. The van der Waals surface area contributed by atoms with Crippen LogP contribution in [0.1, 0.15) is 72.9 Å². The lowest BCUT2D eigenvalue weighted by Crippen LogP contribution is -2.41. The zero-order valence-electron chi connectivity index (χ0n) is 20.6. The summed E-state index contributed by atoms with van der Waals surface area (Å²) in [5, 5.41) is 0. The van der Waals surface area contributed by atoms with Crippen LogP contribution in [-0.2, 0) is 18.6 Å². The molecule has 2 saturated heterocycles. The molecule has 1 unspecified atom stereocenters. The molecule has 5 rings (SSSR count). The van der Waals surface area contributed by atoms with Gasteiger partial charge in [0.05, 0.1) is 22.4 Å². The number of fused-ring (bicyclic) bond motifs is 3. The topological polar surface area (TPSA) is 36.9 Å². The number of benzene rings is 1. The lowest BCUT2D eigenvalue weighted by molar-refractivity contribution is 0.00578. The zero-order valence-corrected chi connectivity index (χ0v) is 20.6. The van der Waals surface area contributed by atoms with E-state index in [1.807, 2.05) is 0 Å². The van der Waals surface area contributed by atoms with Crippen LogP contribution in [0.15, 0.2) is 41.9 Å². The highest BCUT2D eigenvalue weighted by Crippen LogP contribution is 2.44. The van der Waals surface area contributed by atoms with Gasteiger partial charge in [0.2, 0.25) is 0 Å². The molecule has 2 aliphatic carbocycles. The van der Waals surface area contributed by atoms with Gasteiger partial charge in [-0.1, -0.05) is 42.5 Å². The fraction of sp³-hybridized carbons (Fsp3) is 0.538. The van der Waals surface area contributed by atoms with Crippen LogP contribution in [0.4, 0.5) is 0 Å². The van der Waals surface area contributed by atoms with Gasteiger partial charge in [0.1, 0.15) is 0 Å². The Labute approximate surface area is 193 Å². The van der Waals surface area contributed by atoms with E-state index in [4.69, 9.17) is 18.6 Å². The number of hydrogen-bond donors (Lipinski definition) is 0. The minimum Gasteiger partial charge on any atom is -0.400 e. The van der Waals surface area contributed by atoms with Gasteiger partial charge in [0, 0.05) is 5.92 Å².